The summed E-state index contributed by atoms with van der Waals surface area (Å²) in [5, 5.41) is 0. The minimum atomic E-state index is -0.441. The van der Waals surface area contributed by atoms with Gasteiger partial charge in [0.05, 0.1) is 5.41 Å². The Morgan fingerprint density at radius 2 is 0.778 bits per heavy atom. The van der Waals surface area contributed by atoms with E-state index >= 15 is 0 Å². The highest BCUT2D eigenvalue weighted by Gasteiger charge is 2.52. The maximum Gasteiger partial charge on any atom is 0.0726 e. The lowest BCUT2D eigenvalue weighted by Crippen LogP contribution is -2.27. The van der Waals surface area contributed by atoms with Crippen LogP contribution in [-0.4, -0.2) is 0 Å². The van der Waals surface area contributed by atoms with Crippen molar-refractivity contribution in [3.05, 3.63) is 222 Å². The normalized spacial score (nSPS) is 15.0. The van der Waals surface area contributed by atoms with Crippen molar-refractivity contribution >= 4 is 17.1 Å². The van der Waals surface area contributed by atoms with Crippen LogP contribution >= 0.6 is 0 Å². The average molecular weight is 692 g/mol. The molecule has 0 fully saturated rings. The number of nitrogens with zero attached hydrogens (tertiary/aromatic N) is 1. The van der Waals surface area contributed by atoms with Gasteiger partial charge in [0.25, 0.3) is 0 Å². The summed E-state index contributed by atoms with van der Waals surface area (Å²) >= 11 is 0. The predicted octanol–water partition coefficient (Wildman–Crippen LogP) is 14.1. The van der Waals surface area contributed by atoms with Crippen molar-refractivity contribution in [3.8, 4) is 44.5 Å². The standard InChI is InChI=1S/C53H41N/c1-52(2,3)38-27-30-45-43-23-13-15-25-48(43)53(50(45)33-38)49-26-16-14-24-44(49)46-32-29-41(35-51(46)53)54(39-21-11-6-12-22-39)40-28-31-42(36-17-7-4-8-18-36)47(34-40)37-19-9-5-10-20-37/h4-35H,1-3H3. The highest BCUT2D eigenvalue weighted by atomic mass is 15.1. The molecular formula is C53H41N. The molecule has 8 aromatic rings. The van der Waals surface area contributed by atoms with Crippen LogP contribution in [0.25, 0.3) is 44.5 Å². The number of benzene rings is 8. The summed E-state index contributed by atoms with van der Waals surface area (Å²) in [7, 11) is 0. The highest BCUT2D eigenvalue weighted by Crippen LogP contribution is 2.63. The van der Waals surface area contributed by atoms with E-state index < -0.39 is 5.41 Å². The second-order valence-electron chi connectivity index (χ2n) is 15.7. The summed E-state index contributed by atoms with van der Waals surface area (Å²) in [6, 6.07) is 71.9. The number of rotatable bonds is 5. The zero-order valence-electron chi connectivity index (χ0n) is 30.9. The van der Waals surface area contributed by atoms with Crippen LogP contribution in [0.1, 0.15) is 48.6 Å². The molecule has 10 rings (SSSR count). The lowest BCUT2D eigenvalue weighted by Gasteiger charge is -2.33. The second kappa shape index (κ2) is 12.3. The van der Waals surface area contributed by atoms with Gasteiger partial charge in [0, 0.05) is 17.1 Å². The van der Waals surface area contributed by atoms with Crippen molar-refractivity contribution in [2.24, 2.45) is 0 Å². The van der Waals surface area contributed by atoms with E-state index in [2.05, 4.69) is 220 Å². The number of fused-ring (bicyclic) bond motifs is 10. The minimum Gasteiger partial charge on any atom is -0.310 e. The van der Waals surface area contributed by atoms with Gasteiger partial charge >= 0.3 is 0 Å². The van der Waals surface area contributed by atoms with Gasteiger partial charge in [-0.15, -0.1) is 0 Å². The number of hydrogen-bond donors (Lipinski definition) is 0. The molecule has 258 valence electrons. The molecule has 0 radical (unpaired) electrons. The van der Waals surface area contributed by atoms with Crippen molar-refractivity contribution in [2.75, 3.05) is 4.90 Å². The Labute approximate surface area is 318 Å². The van der Waals surface area contributed by atoms with Gasteiger partial charge in [-0.3, -0.25) is 0 Å². The molecule has 0 aromatic heterocycles. The largest absolute Gasteiger partial charge is 0.310 e. The SMILES string of the molecule is CC(C)(C)c1ccc2c(c1)C1(c3ccccc3-c3ccc(N(c4ccccc4)c4ccc(-c5ccccc5)c(-c5ccccc5)c4)cc31)c1ccccc1-2. The van der Waals surface area contributed by atoms with Gasteiger partial charge in [-0.1, -0.05) is 178 Å². The lowest BCUT2D eigenvalue weighted by atomic mass is 9.69. The Balaban J connectivity index is 1.24. The molecule has 54 heavy (non-hydrogen) atoms. The zero-order chi connectivity index (χ0) is 36.4. The van der Waals surface area contributed by atoms with Gasteiger partial charge < -0.3 is 4.90 Å². The van der Waals surface area contributed by atoms with Crippen molar-refractivity contribution in [3.63, 3.8) is 0 Å². The Bertz CT molecular complexity index is 2670. The van der Waals surface area contributed by atoms with Gasteiger partial charge in [-0.05, 0) is 114 Å². The van der Waals surface area contributed by atoms with E-state index in [4.69, 9.17) is 0 Å². The smallest absolute Gasteiger partial charge is 0.0726 e. The van der Waals surface area contributed by atoms with E-state index in [1.165, 1.54) is 72.3 Å². The number of hydrogen-bond acceptors (Lipinski definition) is 1. The van der Waals surface area contributed by atoms with Gasteiger partial charge in [-0.25, -0.2) is 0 Å². The molecular weight excluding hydrogens is 651 g/mol. The fourth-order valence-electron chi connectivity index (χ4n) is 9.15. The first kappa shape index (κ1) is 32.2. The predicted molar refractivity (Wildman–Crippen MR) is 227 cm³/mol. The molecule has 0 N–H and O–H groups in total. The van der Waals surface area contributed by atoms with Crippen LogP contribution < -0.4 is 4.90 Å². The van der Waals surface area contributed by atoms with Crippen LogP contribution in [0.15, 0.2) is 194 Å². The molecule has 0 aliphatic heterocycles. The van der Waals surface area contributed by atoms with Crippen molar-refractivity contribution < 1.29 is 0 Å². The highest BCUT2D eigenvalue weighted by molar-refractivity contribution is 5.97. The molecule has 2 aliphatic carbocycles. The Hall–Kier alpha value is -6.44. The van der Waals surface area contributed by atoms with Crippen LogP contribution in [0.4, 0.5) is 17.1 Å². The van der Waals surface area contributed by atoms with Gasteiger partial charge in [0.2, 0.25) is 0 Å². The maximum atomic E-state index is 2.51. The number of para-hydroxylation sites is 1. The first-order valence-corrected chi connectivity index (χ1v) is 19.0. The lowest BCUT2D eigenvalue weighted by molar-refractivity contribution is 0.588. The van der Waals surface area contributed by atoms with E-state index in [0.717, 1.165) is 17.1 Å². The van der Waals surface area contributed by atoms with Gasteiger partial charge in [0.1, 0.15) is 0 Å². The van der Waals surface area contributed by atoms with Crippen LogP contribution in [0.3, 0.4) is 0 Å². The van der Waals surface area contributed by atoms with Gasteiger partial charge in [0.15, 0.2) is 0 Å². The molecule has 0 amide bonds. The molecule has 1 heteroatoms. The summed E-state index contributed by atoms with van der Waals surface area (Å²) in [6.45, 7) is 6.97. The quantitative estimate of drug-likeness (QED) is 0.174. The van der Waals surface area contributed by atoms with Crippen molar-refractivity contribution in [2.45, 2.75) is 31.6 Å². The molecule has 0 bridgehead atoms. The molecule has 1 atom stereocenters. The third kappa shape index (κ3) is 4.85. The Kier molecular flexibility index (Phi) is 7.35. The van der Waals surface area contributed by atoms with Crippen LogP contribution in [-0.2, 0) is 10.8 Å². The third-order valence-electron chi connectivity index (χ3n) is 11.6. The molecule has 0 heterocycles. The molecule has 1 spiro atoms. The summed E-state index contributed by atoms with van der Waals surface area (Å²) in [5.74, 6) is 0. The zero-order valence-corrected chi connectivity index (χ0v) is 30.9. The number of anilines is 3. The Morgan fingerprint density at radius 3 is 1.37 bits per heavy atom. The molecule has 2 aliphatic rings. The summed E-state index contributed by atoms with van der Waals surface area (Å²) < 4.78 is 0. The van der Waals surface area contributed by atoms with E-state index in [0.29, 0.717) is 0 Å². The molecule has 0 saturated carbocycles. The van der Waals surface area contributed by atoms with E-state index in [1.807, 2.05) is 0 Å². The Morgan fingerprint density at radius 1 is 0.333 bits per heavy atom. The third-order valence-corrected chi connectivity index (χ3v) is 11.6. The fourth-order valence-corrected chi connectivity index (χ4v) is 9.15. The molecule has 0 saturated heterocycles. The molecule has 1 nitrogen and oxygen atoms in total. The summed E-state index contributed by atoms with van der Waals surface area (Å²) in [5.41, 5.74) is 19.8. The van der Waals surface area contributed by atoms with Crippen LogP contribution in [0.5, 0.6) is 0 Å². The first-order chi connectivity index (χ1) is 26.4. The van der Waals surface area contributed by atoms with E-state index in [1.54, 1.807) is 0 Å². The fraction of sp³-hybridized carbons (Fsp3) is 0.0943. The molecule has 8 aromatic carbocycles. The summed E-state index contributed by atoms with van der Waals surface area (Å²) in [4.78, 5) is 2.44. The van der Waals surface area contributed by atoms with Crippen LogP contribution in [0, 0.1) is 0 Å². The van der Waals surface area contributed by atoms with Crippen molar-refractivity contribution in [1.82, 2.24) is 0 Å². The summed E-state index contributed by atoms with van der Waals surface area (Å²) in [6.07, 6.45) is 0. The topological polar surface area (TPSA) is 3.24 Å². The maximum absolute atomic E-state index is 2.51. The average Bonchev–Trinajstić information content (AvgIpc) is 3.68. The van der Waals surface area contributed by atoms with Crippen molar-refractivity contribution in [1.29, 1.82) is 0 Å². The minimum absolute atomic E-state index is 0.0142. The second-order valence-corrected chi connectivity index (χ2v) is 15.7. The van der Waals surface area contributed by atoms with E-state index in [9.17, 15) is 0 Å². The molecule has 1 unspecified atom stereocenters. The first-order valence-electron chi connectivity index (χ1n) is 19.0. The van der Waals surface area contributed by atoms with Crippen LogP contribution in [0.2, 0.25) is 0 Å². The monoisotopic (exact) mass is 691 g/mol. The van der Waals surface area contributed by atoms with Gasteiger partial charge in [-0.2, -0.15) is 0 Å². The van der Waals surface area contributed by atoms with E-state index in [-0.39, 0.29) is 5.41 Å².